The Bertz CT molecular complexity index is 383. The van der Waals surface area contributed by atoms with Gasteiger partial charge >= 0.3 is 5.97 Å². The maximum Gasteiger partial charge on any atom is 0.304 e. The molecule has 1 aromatic rings. The second kappa shape index (κ2) is 3.74. The molecule has 1 unspecified atom stereocenters. The van der Waals surface area contributed by atoms with Crippen molar-refractivity contribution in [3.63, 3.8) is 0 Å². The number of fused-ring (bicyclic) bond motifs is 1. The van der Waals surface area contributed by atoms with E-state index >= 15 is 0 Å². The summed E-state index contributed by atoms with van der Waals surface area (Å²) < 4.78 is 1.02. The Labute approximate surface area is 89.1 Å². The van der Waals surface area contributed by atoms with E-state index in [-0.39, 0.29) is 18.1 Å². The Morgan fingerprint density at radius 2 is 2.43 bits per heavy atom. The van der Waals surface area contributed by atoms with Crippen LogP contribution in [0.15, 0.2) is 15.7 Å². The number of carboxylic acids is 1. The summed E-state index contributed by atoms with van der Waals surface area (Å²) in [6.07, 6.45) is -0.0544. The molecule has 0 fully saturated rings. The molecular weight excluding hydrogens is 220 g/mol. The zero-order chi connectivity index (χ0) is 10.1. The average Bonchev–Trinajstić information content (AvgIpc) is 2.57. The van der Waals surface area contributed by atoms with E-state index in [4.69, 9.17) is 5.11 Å². The van der Waals surface area contributed by atoms with Gasteiger partial charge in [-0.05, 0) is 11.4 Å². The standard InChI is InChI=1S/C9H8O3S2/c10-7(11)3-5-4-14-9-6(8(5)12)1-2-13-9/h1-2,5H,3-4H2,(H,10,11). The number of hydrogen-bond acceptors (Lipinski definition) is 4. The second-order valence-corrected chi connectivity index (χ2v) is 5.30. The van der Waals surface area contributed by atoms with E-state index in [0.29, 0.717) is 11.3 Å². The van der Waals surface area contributed by atoms with Crippen LogP contribution in [0.5, 0.6) is 0 Å². The highest BCUT2D eigenvalue weighted by molar-refractivity contribution is 8.01. The van der Waals surface area contributed by atoms with Crippen LogP contribution < -0.4 is 0 Å². The maximum absolute atomic E-state index is 11.7. The van der Waals surface area contributed by atoms with Gasteiger partial charge in [-0.3, -0.25) is 9.59 Å². The average molecular weight is 228 g/mol. The summed E-state index contributed by atoms with van der Waals surface area (Å²) in [6.45, 7) is 0. The van der Waals surface area contributed by atoms with Crippen LogP contribution in [0.1, 0.15) is 16.8 Å². The Morgan fingerprint density at radius 3 is 3.14 bits per heavy atom. The quantitative estimate of drug-likeness (QED) is 0.842. The SMILES string of the molecule is O=C(O)CC1CSc2sccc2C1=O. The van der Waals surface area contributed by atoms with Crippen LogP contribution in [-0.4, -0.2) is 22.6 Å². The highest BCUT2D eigenvalue weighted by Crippen LogP contribution is 2.37. The first-order chi connectivity index (χ1) is 6.68. The normalized spacial score (nSPS) is 20.6. The summed E-state index contributed by atoms with van der Waals surface area (Å²) in [7, 11) is 0. The van der Waals surface area contributed by atoms with Gasteiger partial charge in [0, 0.05) is 17.2 Å². The second-order valence-electron chi connectivity index (χ2n) is 3.09. The number of rotatable bonds is 2. The molecule has 1 aromatic heterocycles. The molecule has 3 nitrogen and oxygen atoms in total. The molecular formula is C9H8O3S2. The number of hydrogen-bond donors (Lipinski definition) is 1. The van der Waals surface area contributed by atoms with E-state index < -0.39 is 5.97 Å². The van der Waals surface area contributed by atoms with Crippen LogP contribution >= 0.6 is 23.1 Å². The molecule has 0 saturated carbocycles. The van der Waals surface area contributed by atoms with Crippen molar-refractivity contribution in [2.75, 3.05) is 5.75 Å². The smallest absolute Gasteiger partial charge is 0.304 e. The molecule has 0 aromatic carbocycles. The summed E-state index contributed by atoms with van der Waals surface area (Å²) in [5.41, 5.74) is 0.706. The lowest BCUT2D eigenvalue weighted by atomic mass is 9.98. The van der Waals surface area contributed by atoms with Gasteiger partial charge in [0.05, 0.1) is 10.6 Å². The predicted molar refractivity (Wildman–Crippen MR) is 55.1 cm³/mol. The van der Waals surface area contributed by atoms with Gasteiger partial charge in [0.15, 0.2) is 5.78 Å². The topological polar surface area (TPSA) is 54.4 Å². The molecule has 5 heteroatoms. The number of carbonyl (C=O) groups excluding carboxylic acids is 1. The van der Waals surface area contributed by atoms with Crippen molar-refractivity contribution < 1.29 is 14.7 Å². The molecule has 2 heterocycles. The number of carbonyl (C=O) groups is 2. The number of Topliss-reactive ketones (excluding diaryl/α,β-unsaturated/α-hetero) is 1. The lowest BCUT2D eigenvalue weighted by Crippen LogP contribution is -2.23. The van der Waals surface area contributed by atoms with Gasteiger partial charge in [0.2, 0.25) is 0 Å². The zero-order valence-corrected chi connectivity index (χ0v) is 8.86. The lowest BCUT2D eigenvalue weighted by Gasteiger charge is -2.18. The molecule has 74 valence electrons. The van der Waals surface area contributed by atoms with Crippen LogP contribution in [-0.2, 0) is 4.79 Å². The van der Waals surface area contributed by atoms with E-state index in [9.17, 15) is 9.59 Å². The Balaban J connectivity index is 2.21. The monoisotopic (exact) mass is 228 g/mol. The van der Waals surface area contributed by atoms with E-state index in [1.54, 1.807) is 29.2 Å². The fourth-order valence-electron chi connectivity index (χ4n) is 1.42. The zero-order valence-electron chi connectivity index (χ0n) is 7.23. The van der Waals surface area contributed by atoms with Crippen molar-refractivity contribution >= 4 is 34.9 Å². The Hall–Kier alpha value is -0.810. The molecule has 0 bridgehead atoms. The number of ketones is 1. The maximum atomic E-state index is 11.7. The Kier molecular flexibility index (Phi) is 2.60. The number of aliphatic carboxylic acids is 1. The molecule has 0 radical (unpaired) electrons. The van der Waals surface area contributed by atoms with E-state index in [0.717, 1.165) is 4.21 Å². The summed E-state index contributed by atoms with van der Waals surface area (Å²) in [4.78, 5) is 22.2. The highest BCUT2D eigenvalue weighted by Gasteiger charge is 2.30. The van der Waals surface area contributed by atoms with Gasteiger partial charge in [-0.15, -0.1) is 23.1 Å². The summed E-state index contributed by atoms with van der Waals surface area (Å²) >= 11 is 3.13. The van der Waals surface area contributed by atoms with Crippen molar-refractivity contribution in [3.8, 4) is 0 Å². The summed E-state index contributed by atoms with van der Waals surface area (Å²) in [6, 6.07) is 1.78. The molecule has 0 amide bonds. The van der Waals surface area contributed by atoms with Crippen molar-refractivity contribution in [1.82, 2.24) is 0 Å². The summed E-state index contributed by atoms with van der Waals surface area (Å²) in [5, 5.41) is 10.5. The van der Waals surface area contributed by atoms with Gasteiger partial charge in [-0.25, -0.2) is 0 Å². The van der Waals surface area contributed by atoms with E-state index in [1.165, 1.54) is 0 Å². The van der Waals surface area contributed by atoms with Gasteiger partial charge in [-0.2, -0.15) is 0 Å². The fourth-order valence-corrected chi connectivity index (χ4v) is 3.64. The van der Waals surface area contributed by atoms with Gasteiger partial charge in [0.1, 0.15) is 0 Å². The van der Waals surface area contributed by atoms with Crippen molar-refractivity contribution in [3.05, 3.63) is 17.0 Å². The fraction of sp³-hybridized carbons (Fsp3) is 0.333. The highest BCUT2D eigenvalue weighted by atomic mass is 32.2. The molecule has 14 heavy (non-hydrogen) atoms. The molecule has 0 aliphatic carbocycles. The van der Waals surface area contributed by atoms with Crippen LogP contribution in [0.25, 0.3) is 0 Å². The van der Waals surface area contributed by atoms with Crippen LogP contribution in [0.2, 0.25) is 0 Å². The molecule has 0 spiro atoms. The molecule has 1 aliphatic rings. The molecule has 1 atom stereocenters. The lowest BCUT2D eigenvalue weighted by molar-refractivity contribution is -0.137. The first-order valence-electron chi connectivity index (χ1n) is 4.15. The molecule has 2 rings (SSSR count). The van der Waals surface area contributed by atoms with Crippen molar-refractivity contribution in [2.24, 2.45) is 5.92 Å². The minimum absolute atomic E-state index is 0.0117. The molecule has 1 aliphatic heterocycles. The van der Waals surface area contributed by atoms with E-state index in [2.05, 4.69) is 0 Å². The number of thiophene rings is 1. The minimum Gasteiger partial charge on any atom is -0.481 e. The minimum atomic E-state index is -0.900. The molecule has 0 saturated heterocycles. The third-order valence-corrected chi connectivity index (χ3v) is 4.50. The number of carboxylic acid groups (broad SMARTS) is 1. The van der Waals surface area contributed by atoms with Gasteiger partial charge < -0.3 is 5.11 Å². The van der Waals surface area contributed by atoms with E-state index in [1.807, 2.05) is 5.38 Å². The van der Waals surface area contributed by atoms with Crippen LogP contribution in [0, 0.1) is 5.92 Å². The van der Waals surface area contributed by atoms with Gasteiger partial charge in [0.25, 0.3) is 0 Å². The predicted octanol–water partition coefficient (Wildman–Crippen LogP) is 2.13. The largest absolute Gasteiger partial charge is 0.481 e. The first-order valence-corrected chi connectivity index (χ1v) is 6.01. The van der Waals surface area contributed by atoms with Crippen molar-refractivity contribution in [1.29, 1.82) is 0 Å². The Morgan fingerprint density at radius 1 is 1.64 bits per heavy atom. The summed E-state index contributed by atoms with van der Waals surface area (Å²) in [5.74, 6) is -0.664. The third-order valence-electron chi connectivity index (χ3n) is 2.10. The van der Waals surface area contributed by atoms with Crippen molar-refractivity contribution in [2.45, 2.75) is 10.6 Å². The third kappa shape index (κ3) is 1.69. The first kappa shape index (κ1) is 9.73. The number of thioether (sulfide) groups is 1. The molecule has 1 N–H and O–H groups in total. The van der Waals surface area contributed by atoms with Crippen LogP contribution in [0.4, 0.5) is 0 Å². The van der Waals surface area contributed by atoms with Crippen LogP contribution in [0.3, 0.4) is 0 Å². The van der Waals surface area contributed by atoms with Gasteiger partial charge in [-0.1, -0.05) is 0 Å².